The molecule has 0 amide bonds. The van der Waals surface area contributed by atoms with Crippen LogP contribution in [-0.2, 0) is 19.4 Å². The van der Waals surface area contributed by atoms with Crippen LogP contribution in [0.1, 0.15) is 51.9 Å². The molecular formula is C15H28ClN3. The Labute approximate surface area is 122 Å². The monoisotopic (exact) mass is 285 g/mol. The minimum absolute atomic E-state index is 0.462. The zero-order chi connectivity index (χ0) is 14.4. The molecule has 2 atom stereocenters. The Balaban J connectivity index is 2.92. The summed E-state index contributed by atoms with van der Waals surface area (Å²) in [5.41, 5.74) is 2.21. The highest BCUT2D eigenvalue weighted by Gasteiger charge is 2.21. The molecule has 19 heavy (non-hydrogen) atoms. The number of hydrogen-bond donors (Lipinski definition) is 1. The zero-order valence-electron chi connectivity index (χ0n) is 13.0. The summed E-state index contributed by atoms with van der Waals surface area (Å²) < 4.78 is 2.06. The average molecular weight is 286 g/mol. The van der Waals surface area contributed by atoms with Crippen molar-refractivity contribution >= 4 is 11.6 Å². The summed E-state index contributed by atoms with van der Waals surface area (Å²) >= 11 is 6.48. The molecular weight excluding hydrogens is 258 g/mol. The Morgan fingerprint density at radius 1 is 1.32 bits per heavy atom. The second-order valence-electron chi connectivity index (χ2n) is 5.24. The summed E-state index contributed by atoms with van der Waals surface area (Å²) in [4.78, 5) is 0. The largest absolute Gasteiger partial charge is 0.316 e. The molecule has 0 bridgehead atoms. The van der Waals surface area contributed by atoms with Gasteiger partial charge in [0.15, 0.2) is 0 Å². The first kappa shape index (κ1) is 16.5. The van der Waals surface area contributed by atoms with E-state index in [0.29, 0.717) is 12.0 Å². The Hall–Kier alpha value is -0.540. The van der Waals surface area contributed by atoms with E-state index < -0.39 is 0 Å². The van der Waals surface area contributed by atoms with Crippen molar-refractivity contribution in [3.05, 3.63) is 16.4 Å². The molecule has 0 aliphatic heterocycles. The quantitative estimate of drug-likeness (QED) is 0.789. The van der Waals surface area contributed by atoms with Crippen LogP contribution in [0.15, 0.2) is 0 Å². The highest BCUT2D eigenvalue weighted by molar-refractivity contribution is 6.31. The van der Waals surface area contributed by atoms with E-state index in [1.165, 1.54) is 18.5 Å². The zero-order valence-corrected chi connectivity index (χ0v) is 13.7. The van der Waals surface area contributed by atoms with E-state index in [4.69, 9.17) is 11.6 Å². The van der Waals surface area contributed by atoms with Crippen molar-refractivity contribution in [1.82, 2.24) is 15.1 Å². The number of aryl methyl sites for hydroxylation is 2. The number of nitrogens with one attached hydrogen (secondary N) is 1. The molecule has 1 rings (SSSR count). The van der Waals surface area contributed by atoms with E-state index in [1.807, 2.05) is 7.05 Å². The lowest BCUT2D eigenvalue weighted by molar-refractivity contribution is 0.364. The fourth-order valence-corrected chi connectivity index (χ4v) is 3.01. The van der Waals surface area contributed by atoms with Gasteiger partial charge in [0, 0.05) is 19.0 Å². The molecule has 0 aromatic carbocycles. The number of hydrogen-bond acceptors (Lipinski definition) is 2. The van der Waals surface area contributed by atoms with Gasteiger partial charge in [-0.2, -0.15) is 5.10 Å². The van der Waals surface area contributed by atoms with E-state index in [1.54, 1.807) is 0 Å². The van der Waals surface area contributed by atoms with Gasteiger partial charge in [0.2, 0.25) is 0 Å². The minimum Gasteiger partial charge on any atom is -0.316 e. The summed E-state index contributed by atoms with van der Waals surface area (Å²) in [6, 6.07) is 0.462. The standard InChI is InChI=1S/C15H28ClN3/c1-6-9-11(4)13(17-5)10-14-15(16)12(7-2)18-19(14)8-3/h11,13,17H,6-10H2,1-5H3. The van der Waals surface area contributed by atoms with Gasteiger partial charge in [0.25, 0.3) is 0 Å². The number of rotatable bonds is 8. The number of halogens is 1. The van der Waals surface area contributed by atoms with Crippen LogP contribution in [-0.4, -0.2) is 22.9 Å². The fraction of sp³-hybridized carbons (Fsp3) is 0.800. The maximum absolute atomic E-state index is 6.48. The van der Waals surface area contributed by atoms with Crippen LogP contribution in [0.2, 0.25) is 5.02 Å². The van der Waals surface area contributed by atoms with Crippen LogP contribution in [0, 0.1) is 5.92 Å². The first-order valence-electron chi connectivity index (χ1n) is 7.50. The third-order valence-electron chi connectivity index (χ3n) is 3.91. The van der Waals surface area contributed by atoms with Crippen molar-refractivity contribution < 1.29 is 0 Å². The third kappa shape index (κ3) is 3.96. The summed E-state index contributed by atoms with van der Waals surface area (Å²) in [6.07, 6.45) is 4.31. The highest BCUT2D eigenvalue weighted by Crippen LogP contribution is 2.25. The summed E-state index contributed by atoms with van der Waals surface area (Å²) in [5.74, 6) is 0.649. The molecule has 110 valence electrons. The van der Waals surface area contributed by atoms with Crippen LogP contribution < -0.4 is 5.32 Å². The molecule has 0 aliphatic carbocycles. The molecule has 1 N–H and O–H groups in total. The second-order valence-corrected chi connectivity index (χ2v) is 5.62. The normalized spacial score (nSPS) is 14.6. The summed E-state index contributed by atoms with van der Waals surface area (Å²) in [7, 11) is 2.04. The van der Waals surface area contributed by atoms with Gasteiger partial charge in [0.1, 0.15) is 0 Å². The van der Waals surface area contributed by atoms with Gasteiger partial charge in [-0.3, -0.25) is 4.68 Å². The first-order valence-corrected chi connectivity index (χ1v) is 7.87. The Bertz CT molecular complexity index is 387. The SMILES string of the molecule is CCCC(C)C(Cc1c(Cl)c(CC)nn1CC)NC. The van der Waals surface area contributed by atoms with Gasteiger partial charge in [-0.05, 0) is 32.7 Å². The number of likely N-dealkylation sites (N-methyl/N-ethyl adjacent to an activating group) is 1. The van der Waals surface area contributed by atoms with Gasteiger partial charge in [-0.1, -0.05) is 38.8 Å². The highest BCUT2D eigenvalue weighted by atomic mass is 35.5. The van der Waals surface area contributed by atoms with Gasteiger partial charge >= 0.3 is 0 Å². The van der Waals surface area contributed by atoms with Crippen molar-refractivity contribution in [2.45, 2.75) is 66.0 Å². The third-order valence-corrected chi connectivity index (χ3v) is 4.35. The van der Waals surface area contributed by atoms with Crippen LogP contribution in [0.5, 0.6) is 0 Å². The lowest BCUT2D eigenvalue weighted by atomic mass is 9.93. The Morgan fingerprint density at radius 3 is 2.47 bits per heavy atom. The average Bonchev–Trinajstić information content (AvgIpc) is 2.72. The van der Waals surface area contributed by atoms with Crippen LogP contribution in [0.3, 0.4) is 0 Å². The van der Waals surface area contributed by atoms with E-state index >= 15 is 0 Å². The smallest absolute Gasteiger partial charge is 0.0850 e. The predicted octanol–water partition coefficient (Wildman–Crippen LogP) is 3.69. The maximum Gasteiger partial charge on any atom is 0.0850 e. The van der Waals surface area contributed by atoms with Gasteiger partial charge in [-0.15, -0.1) is 0 Å². The van der Waals surface area contributed by atoms with Crippen molar-refractivity contribution in [2.75, 3.05) is 7.05 Å². The second kappa shape index (κ2) is 7.91. The first-order chi connectivity index (χ1) is 9.08. The van der Waals surface area contributed by atoms with E-state index in [0.717, 1.165) is 30.1 Å². The topological polar surface area (TPSA) is 29.9 Å². The van der Waals surface area contributed by atoms with E-state index in [-0.39, 0.29) is 0 Å². The molecule has 0 spiro atoms. The molecule has 0 saturated heterocycles. The van der Waals surface area contributed by atoms with Crippen molar-refractivity contribution in [1.29, 1.82) is 0 Å². The van der Waals surface area contributed by atoms with E-state index in [9.17, 15) is 0 Å². The molecule has 3 nitrogen and oxygen atoms in total. The molecule has 1 aromatic rings. The fourth-order valence-electron chi connectivity index (χ4n) is 2.66. The molecule has 2 unspecified atom stereocenters. The van der Waals surface area contributed by atoms with Gasteiger partial charge in [0.05, 0.1) is 16.4 Å². The number of aromatic nitrogens is 2. The van der Waals surface area contributed by atoms with Crippen molar-refractivity contribution in [2.24, 2.45) is 5.92 Å². The molecule has 0 fully saturated rings. The lowest BCUT2D eigenvalue weighted by Gasteiger charge is -2.23. The summed E-state index contributed by atoms with van der Waals surface area (Å²) in [5, 5.41) is 8.91. The van der Waals surface area contributed by atoms with Crippen LogP contribution >= 0.6 is 11.6 Å². The minimum atomic E-state index is 0.462. The molecule has 1 aromatic heterocycles. The molecule has 0 radical (unpaired) electrons. The molecule has 0 aliphatic rings. The molecule has 4 heteroatoms. The predicted molar refractivity (Wildman–Crippen MR) is 82.9 cm³/mol. The van der Waals surface area contributed by atoms with Gasteiger partial charge in [-0.25, -0.2) is 0 Å². The van der Waals surface area contributed by atoms with Crippen LogP contribution in [0.25, 0.3) is 0 Å². The van der Waals surface area contributed by atoms with E-state index in [2.05, 4.69) is 42.8 Å². The molecule has 0 saturated carbocycles. The number of nitrogens with zero attached hydrogens (tertiary/aromatic N) is 2. The maximum atomic E-state index is 6.48. The van der Waals surface area contributed by atoms with Crippen LogP contribution in [0.4, 0.5) is 0 Å². The Kier molecular flexibility index (Phi) is 6.87. The Morgan fingerprint density at radius 2 is 2.00 bits per heavy atom. The molecule has 1 heterocycles. The van der Waals surface area contributed by atoms with Crippen molar-refractivity contribution in [3.63, 3.8) is 0 Å². The van der Waals surface area contributed by atoms with Gasteiger partial charge < -0.3 is 5.32 Å². The lowest BCUT2D eigenvalue weighted by Crippen LogP contribution is -2.35. The van der Waals surface area contributed by atoms with Crippen molar-refractivity contribution in [3.8, 4) is 0 Å². The summed E-state index contributed by atoms with van der Waals surface area (Å²) in [6.45, 7) is 9.66.